The summed E-state index contributed by atoms with van der Waals surface area (Å²) in [6.07, 6.45) is 0. The van der Waals surface area contributed by atoms with E-state index in [-0.39, 0.29) is 90.8 Å². The Labute approximate surface area is 140 Å². The van der Waals surface area contributed by atoms with Crippen LogP contribution in [0.5, 0.6) is 0 Å². The van der Waals surface area contributed by atoms with Crippen LogP contribution in [0, 0.1) is 0 Å². The molecule has 0 aliphatic rings. The van der Waals surface area contributed by atoms with Gasteiger partial charge in [0, 0.05) is 0 Å². The molecule has 2 nitrogen and oxygen atoms in total. The first-order valence-corrected chi connectivity index (χ1v) is 2.59. The van der Waals surface area contributed by atoms with Crippen molar-refractivity contribution in [2.75, 3.05) is 0 Å². The number of carbonyl (C=O) groups is 1. The molecule has 12 heavy (non-hydrogen) atoms. The summed E-state index contributed by atoms with van der Waals surface area (Å²) < 4.78 is 0. The molecule has 0 bridgehead atoms. The van der Waals surface area contributed by atoms with Crippen molar-refractivity contribution in [2.45, 2.75) is 0 Å². The van der Waals surface area contributed by atoms with Crippen molar-refractivity contribution in [1.82, 2.24) is 0 Å². The Hall–Kier alpha value is 1.55. The number of carboxylic acids is 1. The second-order valence-corrected chi connectivity index (χ2v) is 1.67. The summed E-state index contributed by atoms with van der Waals surface area (Å²) in [5, 5.41) is 8.38. The van der Waals surface area contributed by atoms with E-state index in [1.165, 1.54) is 0 Å². The van der Waals surface area contributed by atoms with E-state index in [1.807, 2.05) is 0 Å². The van der Waals surface area contributed by atoms with Crippen molar-refractivity contribution in [3.63, 3.8) is 0 Å². The average molecular weight is 322 g/mol. The molecule has 1 aromatic carbocycles. The van der Waals surface area contributed by atoms with Crippen LogP contribution in [-0.4, -0.2) is 89.5 Å². The molecule has 0 aliphatic carbocycles. The summed E-state index contributed by atoms with van der Waals surface area (Å²) in [6, 6.07) is 8.30. The van der Waals surface area contributed by atoms with Crippen LogP contribution in [0.1, 0.15) is 10.4 Å². The first-order chi connectivity index (χ1) is 4.30. The van der Waals surface area contributed by atoms with E-state index >= 15 is 0 Å². The van der Waals surface area contributed by atoms with Gasteiger partial charge in [0.05, 0.1) is 5.56 Å². The Morgan fingerprint density at radius 2 is 1.58 bits per heavy atom. The number of aromatic carboxylic acids is 1. The average Bonchev–Trinajstić information content (AvgIpc) is 1.90. The molecule has 0 spiro atoms. The van der Waals surface area contributed by atoms with Crippen LogP contribution < -0.4 is 0 Å². The molecule has 0 atom stereocenters. The van der Waals surface area contributed by atoms with E-state index < -0.39 is 5.97 Å². The molecular formula is C7H10BaClNaO2. The molecule has 5 heteroatoms. The second kappa shape index (κ2) is 10.6. The number of halogens is 1. The van der Waals surface area contributed by atoms with Gasteiger partial charge in [-0.1, -0.05) is 18.2 Å². The number of carboxylic acid groups (broad SMARTS) is 1. The van der Waals surface area contributed by atoms with Gasteiger partial charge in [-0.15, -0.1) is 12.4 Å². The Morgan fingerprint density at radius 1 is 1.17 bits per heavy atom. The number of rotatable bonds is 1. The van der Waals surface area contributed by atoms with Crippen LogP contribution in [-0.2, 0) is 0 Å². The van der Waals surface area contributed by atoms with Gasteiger partial charge < -0.3 is 5.11 Å². The van der Waals surface area contributed by atoms with E-state index in [9.17, 15) is 4.79 Å². The summed E-state index contributed by atoms with van der Waals surface area (Å²) in [4.78, 5) is 10.2. The topological polar surface area (TPSA) is 37.3 Å². The molecule has 1 N–H and O–H groups in total. The van der Waals surface area contributed by atoms with Gasteiger partial charge in [0.15, 0.2) is 0 Å². The standard InChI is InChI=1S/C7H6O2.Ba.ClH.Na.3H/c8-7(9)6-4-2-1-3-5-6;;;;;;/h1-5H,(H,8,9);;1H;;;;. The molecule has 0 aliphatic heterocycles. The normalized spacial score (nSPS) is 6.67. The predicted molar refractivity (Wildman–Crippen MR) is 56.3 cm³/mol. The molecule has 0 amide bonds. The van der Waals surface area contributed by atoms with Crippen molar-refractivity contribution in [1.29, 1.82) is 0 Å². The molecule has 0 aromatic heterocycles. The number of hydrogen-bond acceptors (Lipinski definition) is 1. The molecule has 0 unspecified atom stereocenters. The van der Waals surface area contributed by atoms with Gasteiger partial charge in [-0.25, -0.2) is 4.79 Å². The molecule has 0 fully saturated rings. The molecule has 0 saturated carbocycles. The van der Waals surface area contributed by atoms with Crippen molar-refractivity contribution < 1.29 is 9.90 Å². The molecule has 60 valence electrons. The third kappa shape index (κ3) is 7.00. The SMILES string of the molecule is Cl.O=C(O)c1ccccc1.[BaH2].[NaH]. The molecular weight excluding hydrogens is 312 g/mol. The Balaban J connectivity index is -0.000000270. The van der Waals surface area contributed by atoms with Crippen molar-refractivity contribution in [2.24, 2.45) is 0 Å². The third-order valence-electron chi connectivity index (χ3n) is 1.02. The first-order valence-electron chi connectivity index (χ1n) is 2.59. The van der Waals surface area contributed by atoms with E-state index in [0.717, 1.165) is 0 Å². The van der Waals surface area contributed by atoms with Crippen LogP contribution in [0.3, 0.4) is 0 Å². The minimum absolute atomic E-state index is 0. The van der Waals surface area contributed by atoms with E-state index in [4.69, 9.17) is 5.11 Å². The zero-order valence-electron chi connectivity index (χ0n) is 5.15. The molecule has 0 heterocycles. The molecule has 0 radical (unpaired) electrons. The van der Waals surface area contributed by atoms with Gasteiger partial charge in [0.2, 0.25) is 0 Å². The van der Waals surface area contributed by atoms with Crippen molar-refractivity contribution in [3.8, 4) is 0 Å². The van der Waals surface area contributed by atoms with Crippen LogP contribution in [0.2, 0.25) is 0 Å². The quantitative estimate of drug-likeness (QED) is 0.753. The summed E-state index contributed by atoms with van der Waals surface area (Å²) >= 11 is 0. The molecule has 1 aromatic rings. The van der Waals surface area contributed by atoms with Crippen LogP contribution >= 0.6 is 12.4 Å². The van der Waals surface area contributed by atoms with Gasteiger partial charge in [-0.3, -0.25) is 0 Å². The first kappa shape index (κ1) is 19.2. The van der Waals surface area contributed by atoms with Crippen molar-refractivity contribution >= 4 is 96.8 Å². The maximum atomic E-state index is 10.2. The van der Waals surface area contributed by atoms with Gasteiger partial charge >= 0.3 is 84.4 Å². The Kier molecular flexibility index (Phi) is 17.0. The maximum absolute atomic E-state index is 10.2. The minimum atomic E-state index is -0.879. The monoisotopic (exact) mass is 322 g/mol. The van der Waals surface area contributed by atoms with Crippen LogP contribution in [0.25, 0.3) is 0 Å². The fraction of sp³-hybridized carbons (Fsp3) is 0. The van der Waals surface area contributed by atoms with Gasteiger partial charge in [0.25, 0.3) is 0 Å². The fourth-order valence-electron chi connectivity index (χ4n) is 0.581. The summed E-state index contributed by atoms with van der Waals surface area (Å²) in [6.45, 7) is 0. The summed E-state index contributed by atoms with van der Waals surface area (Å²) in [5.41, 5.74) is 0.331. The number of hydrogen-bond donors (Lipinski definition) is 1. The van der Waals surface area contributed by atoms with Crippen molar-refractivity contribution in [3.05, 3.63) is 35.9 Å². The molecule has 1 rings (SSSR count). The summed E-state index contributed by atoms with van der Waals surface area (Å²) in [5.74, 6) is -0.879. The fourth-order valence-corrected chi connectivity index (χ4v) is 0.581. The second-order valence-electron chi connectivity index (χ2n) is 1.67. The predicted octanol–water partition coefficient (Wildman–Crippen LogP) is 0.242. The van der Waals surface area contributed by atoms with Crippen LogP contribution in [0.15, 0.2) is 30.3 Å². The third-order valence-corrected chi connectivity index (χ3v) is 1.02. The zero-order valence-corrected chi connectivity index (χ0v) is 5.97. The van der Waals surface area contributed by atoms with E-state index in [1.54, 1.807) is 30.3 Å². The molecule has 0 saturated heterocycles. The van der Waals surface area contributed by atoms with E-state index in [0.29, 0.717) is 5.56 Å². The summed E-state index contributed by atoms with van der Waals surface area (Å²) in [7, 11) is 0. The van der Waals surface area contributed by atoms with Crippen LogP contribution in [0.4, 0.5) is 0 Å². The van der Waals surface area contributed by atoms with Gasteiger partial charge in [-0.2, -0.15) is 0 Å². The van der Waals surface area contributed by atoms with Gasteiger partial charge in [0.1, 0.15) is 0 Å². The number of benzene rings is 1. The van der Waals surface area contributed by atoms with Gasteiger partial charge in [-0.05, 0) is 12.1 Å². The Morgan fingerprint density at radius 3 is 1.83 bits per heavy atom. The Bertz CT molecular complexity index is 218. The zero-order chi connectivity index (χ0) is 6.69. The van der Waals surface area contributed by atoms with E-state index in [2.05, 4.69) is 0 Å².